The first kappa shape index (κ1) is 12.9. The smallest absolute Gasteiger partial charge is 0.253 e. The zero-order valence-electron chi connectivity index (χ0n) is 11.1. The van der Waals surface area contributed by atoms with Gasteiger partial charge in [-0.3, -0.25) is 4.79 Å². The Morgan fingerprint density at radius 3 is 2.67 bits per heavy atom. The number of anilines is 1. The van der Waals surface area contributed by atoms with Crippen LogP contribution in [0.25, 0.3) is 0 Å². The van der Waals surface area contributed by atoms with Crippen LogP contribution in [0.1, 0.15) is 23.2 Å². The SMILES string of the molecule is CN1CCCC(N(C)C(=O)c2ccc(N)cc2)C1. The van der Waals surface area contributed by atoms with Crippen molar-refractivity contribution < 1.29 is 4.79 Å². The van der Waals surface area contributed by atoms with Gasteiger partial charge in [0, 0.05) is 30.9 Å². The van der Waals surface area contributed by atoms with Crippen molar-refractivity contribution in [3.8, 4) is 0 Å². The summed E-state index contributed by atoms with van der Waals surface area (Å²) in [5.41, 5.74) is 7.03. The Bertz CT molecular complexity index is 416. The Morgan fingerprint density at radius 2 is 2.06 bits per heavy atom. The van der Waals surface area contributed by atoms with Crippen LogP contribution in [0.2, 0.25) is 0 Å². The molecule has 1 heterocycles. The number of rotatable bonds is 2. The number of piperidine rings is 1. The summed E-state index contributed by atoms with van der Waals surface area (Å²) in [7, 11) is 4.00. The minimum atomic E-state index is 0.0790. The summed E-state index contributed by atoms with van der Waals surface area (Å²) >= 11 is 0. The maximum absolute atomic E-state index is 12.3. The molecule has 0 spiro atoms. The van der Waals surface area contributed by atoms with Gasteiger partial charge in [-0.25, -0.2) is 0 Å². The van der Waals surface area contributed by atoms with E-state index in [-0.39, 0.29) is 5.91 Å². The third kappa shape index (κ3) is 2.82. The molecule has 0 saturated carbocycles. The number of carbonyl (C=O) groups is 1. The summed E-state index contributed by atoms with van der Waals surface area (Å²) < 4.78 is 0. The number of likely N-dealkylation sites (tertiary alicyclic amines) is 1. The second kappa shape index (κ2) is 5.40. The van der Waals surface area contributed by atoms with Crippen molar-refractivity contribution in [1.29, 1.82) is 0 Å². The van der Waals surface area contributed by atoms with Gasteiger partial charge in [-0.1, -0.05) is 0 Å². The lowest BCUT2D eigenvalue weighted by Gasteiger charge is -2.35. The summed E-state index contributed by atoms with van der Waals surface area (Å²) in [5, 5.41) is 0. The van der Waals surface area contributed by atoms with Gasteiger partial charge >= 0.3 is 0 Å². The Morgan fingerprint density at radius 1 is 1.39 bits per heavy atom. The number of amides is 1. The van der Waals surface area contributed by atoms with E-state index in [1.54, 1.807) is 24.3 Å². The van der Waals surface area contributed by atoms with E-state index in [4.69, 9.17) is 5.73 Å². The van der Waals surface area contributed by atoms with Crippen LogP contribution >= 0.6 is 0 Å². The summed E-state index contributed by atoms with van der Waals surface area (Å²) in [6, 6.07) is 7.44. The molecule has 98 valence electrons. The second-order valence-corrected chi connectivity index (χ2v) is 5.10. The first-order chi connectivity index (χ1) is 8.58. The Hall–Kier alpha value is -1.55. The molecule has 1 amide bonds. The predicted octanol–water partition coefficient (Wildman–Crippen LogP) is 1.43. The summed E-state index contributed by atoms with van der Waals surface area (Å²) in [5.74, 6) is 0.0790. The van der Waals surface area contributed by atoms with Crippen LogP contribution in [0.3, 0.4) is 0 Å². The Balaban J connectivity index is 2.06. The number of nitrogens with two attached hydrogens (primary N) is 1. The first-order valence-corrected chi connectivity index (χ1v) is 6.39. The first-order valence-electron chi connectivity index (χ1n) is 6.39. The lowest BCUT2D eigenvalue weighted by molar-refractivity contribution is 0.0644. The topological polar surface area (TPSA) is 49.6 Å². The molecule has 2 N–H and O–H groups in total. The molecule has 1 aliphatic rings. The van der Waals surface area contributed by atoms with E-state index in [9.17, 15) is 4.79 Å². The molecule has 1 fully saturated rings. The van der Waals surface area contributed by atoms with E-state index in [2.05, 4.69) is 11.9 Å². The molecule has 18 heavy (non-hydrogen) atoms. The molecule has 1 saturated heterocycles. The zero-order chi connectivity index (χ0) is 13.1. The van der Waals surface area contributed by atoms with Crippen molar-refractivity contribution in [3.05, 3.63) is 29.8 Å². The fourth-order valence-electron chi connectivity index (χ4n) is 2.45. The van der Waals surface area contributed by atoms with Crippen LogP contribution in [0, 0.1) is 0 Å². The number of nitrogens with zero attached hydrogens (tertiary/aromatic N) is 2. The lowest BCUT2D eigenvalue weighted by Crippen LogP contribution is -2.47. The molecule has 0 radical (unpaired) electrons. The molecule has 0 aliphatic carbocycles. The quantitative estimate of drug-likeness (QED) is 0.804. The molecule has 1 aromatic carbocycles. The minimum absolute atomic E-state index is 0.0790. The molecular weight excluding hydrogens is 226 g/mol. The van der Waals surface area contributed by atoms with Gasteiger partial charge < -0.3 is 15.5 Å². The maximum Gasteiger partial charge on any atom is 0.253 e. The zero-order valence-corrected chi connectivity index (χ0v) is 11.1. The van der Waals surface area contributed by atoms with Gasteiger partial charge in [-0.2, -0.15) is 0 Å². The third-order valence-electron chi connectivity index (χ3n) is 3.63. The van der Waals surface area contributed by atoms with Gasteiger partial charge in [0.05, 0.1) is 0 Å². The number of hydrogen-bond acceptors (Lipinski definition) is 3. The van der Waals surface area contributed by atoms with Gasteiger partial charge in [0.25, 0.3) is 5.91 Å². The van der Waals surface area contributed by atoms with Crippen LogP contribution in [-0.4, -0.2) is 48.9 Å². The van der Waals surface area contributed by atoms with Crippen molar-refractivity contribution >= 4 is 11.6 Å². The number of likely N-dealkylation sites (N-methyl/N-ethyl adjacent to an activating group) is 2. The average molecular weight is 247 g/mol. The third-order valence-corrected chi connectivity index (χ3v) is 3.63. The fourth-order valence-corrected chi connectivity index (χ4v) is 2.45. The van der Waals surface area contributed by atoms with E-state index >= 15 is 0 Å². The van der Waals surface area contributed by atoms with Crippen LogP contribution < -0.4 is 5.73 Å². The van der Waals surface area contributed by atoms with E-state index < -0.39 is 0 Å². The van der Waals surface area contributed by atoms with Gasteiger partial charge in [0.1, 0.15) is 0 Å². The Kier molecular flexibility index (Phi) is 3.87. The molecule has 4 heteroatoms. The van der Waals surface area contributed by atoms with Gasteiger partial charge in [0.15, 0.2) is 0 Å². The summed E-state index contributed by atoms with van der Waals surface area (Å²) in [6.45, 7) is 2.08. The molecule has 2 rings (SSSR count). The van der Waals surface area contributed by atoms with Gasteiger partial charge in [-0.05, 0) is 50.7 Å². The average Bonchev–Trinajstić information content (AvgIpc) is 2.38. The van der Waals surface area contributed by atoms with Crippen molar-refractivity contribution in [2.45, 2.75) is 18.9 Å². The highest BCUT2D eigenvalue weighted by Gasteiger charge is 2.24. The van der Waals surface area contributed by atoms with Crippen LogP contribution in [-0.2, 0) is 0 Å². The minimum Gasteiger partial charge on any atom is -0.399 e. The number of benzene rings is 1. The highest BCUT2D eigenvalue weighted by Crippen LogP contribution is 2.16. The molecular formula is C14H21N3O. The molecule has 1 atom stereocenters. The lowest BCUT2D eigenvalue weighted by atomic mass is 10.0. The van der Waals surface area contributed by atoms with E-state index in [0.29, 0.717) is 17.3 Å². The summed E-state index contributed by atoms with van der Waals surface area (Å²) in [6.07, 6.45) is 2.24. The molecule has 4 nitrogen and oxygen atoms in total. The Labute approximate surface area is 108 Å². The number of nitrogen functional groups attached to an aromatic ring is 1. The fraction of sp³-hybridized carbons (Fsp3) is 0.500. The van der Waals surface area contributed by atoms with Crippen LogP contribution in [0.5, 0.6) is 0 Å². The van der Waals surface area contributed by atoms with Crippen LogP contribution in [0.4, 0.5) is 5.69 Å². The monoisotopic (exact) mass is 247 g/mol. The maximum atomic E-state index is 12.3. The molecule has 1 aliphatic heterocycles. The number of carbonyl (C=O) groups excluding carboxylic acids is 1. The van der Waals surface area contributed by atoms with Gasteiger partial charge in [0.2, 0.25) is 0 Å². The molecule has 1 unspecified atom stereocenters. The van der Waals surface area contributed by atoms with E-state index in [0.717, 1.165) is 25.9 Å². The summed E-state index contributed by atoms with van der Waals surface area (Å²) in [4.78, 5) is 16.5. The normalized spacial score (nSPS) is 20.7. The standard InChI is InChI=1S/C14H21N3O/c1-16-9-3-4-13(10-16)17(2)14(18)11-5-7-12(15)8-6-11/h5-8,13H,3-4,9-10,15H2,1-2H3. The highest BCUT2D eigenvalue weighted by molar-refractivity contribution is 5.94. The molecule has 0 aromatic heterocycles. The van der Waals surface area contributed by atoms with Crippen molar-refractivity contribution in [1.82, 2.24) is 9.80 Å². The largest absolute Gasteiger partial charge is 0.399 e. The van der Waals surface area contributed by atoms with Gasteiger partial charge in [-0.15, -0.1) is 0 Å². The molecule has 1 aromatic rings. The van der Waals surface area contributed by atoms with Crippen LogP contribution in [0.15, 0.2) is 24.3 Å². The molecule has 0 bridgehead atoms. The van der Waals surface area contributed by atoms with E-state index in [1.165, 1.54) is 0 Å². The highest BCUT2D eigenvalue weighted by atomic mass is 16.2. The van der Waals surface area contributed by atoms with E-state index in [1.807, 2.05) is 11.9 Å². The van der Waals surface area contributed by atoms with Crippen molar-refractivity contribution in [2.75, 3.05) is 32.9 Å². The van der Waals surface area contributed by atoms with Crippen molar-refractivity contribution in [3.63, 3.8) is 0 Å². The second-order valence-electron chi connectivity index (χ2n) is 5.10. The van der Waals surface area contributed by atoms with Crippen molar-refractivity contribution in [2.24, 2.45) is 0 Å². The number of hydrogen-bond donors (Lipinski definition) is 1. The predicted molar refractivity (Wildman–Crippen MR) is 73.5 cm³/mol.